The average Bonchev–Trinajstić information content (AvgIpc) is 2.04. The number of hydrogen-bond donors (Lipinski definition) is 1. The molecule has 0 saturated carbocycles. The molecule has 13 heavy (non-hydrogen) atoms. The van der Waals surface area contributed by atoms with Gasteiger partial charge in [0.1, 0.15) is 0 Å². The molecule has 0 bridgehead atoms. The lowest BCUT2D eigenvalue weighted by Gasteiger charge is -2.00. The zero-order valence-electron chi connectivity index (χ0n) is 7.27. The van der Waals surface area contributed by atoms with Crippen molar-refractivity contribution >= 4 is 10.0 Å². The molecule has 0 amide bonds. The number of aromatic nitrogens is 1. The number of nitrogens with two attached hydrogens (primary N) is 1. The van der Waals surface area contributed by atoms with E-state index in [1.807, 2.05) is 13.3 Å². The first-order valence-corrected chi connectivity index (χ1v) is 5.41. The lowest BCUT2D eigenvalue weighted by atomic mass is 10.2. The van der Waals surface area contributed by atoms with E-state index in [0.29, 0.717) is 5.69 Å². The Morgan fingerprint density at radius 1 is 1.54 bits per heavy atom. The second-order valence-corrected chi connectivity index (χ2v) is 4.07. The molecule has 0 aliphatic rings. The molecule has 5 heteroatoms. The summed E-state index contributed by atoms with van der Waals surface area (Å²) in [6.45, 7) is 1.95. The summed E-state index contributed by atoms with van der Waals surface area (Å²) < 4.78 is 21.8. The molecule has 0 aliphatic heterocycles. The largest absolute Gasteiger partial charge is 0.255 e. The van der Waals surface area contributed by atoms with Crippen LogP contribution >= 0.6 is 0 Å². The zero-order chi connectivity index (χ0) is 9.90. The minimum Gasteiger partial charge on any atom is -0.240 e. The van der Waals surface area contributed by atoms with Crippen molar-refractivity contribution in [2.75, 3.05) is 0 Å². The Bertz CT molecular complexity index is 387. The summed E-state index contributed by atoms with van der Waals surface area (Å²) in [6.07, 6.45) is 2.63. The van der Waals surface area contributed by atoms with Crippen LogP contribution in [-0.2, 0) is 10.0 Å². The summed E-state index contributed by atoms with van der Waals surface area (Å²) in [6, 6.07) is 4.73. The van der Waals surface area contributed by atoms with Crippen LogP contribution in [0.5, 0.6) is 0 Å². The maximum Gasteiger partial charge on any atom is 0.255 e. The number of hydrogen-bond acceptors (Lipinski definition) is 3. The lowest BCUT2D eigenvalue weighted by molar-refractivity contribution is 0.593. The van der Waals surface area contributed by atoms with Gasteiger partial charge in [0.15, 0.2) is 5.03 Å². The summed E-state index contributed by atoms with van der Waals surface area (Å²) in [5, 5.41) is 4.83. The van der Waals surface area contributed by atoms with E-state index in [4.69, 9.17) is 5.14 Å². The van der Waals surface area contributed by atoms with Crippen molar-refractivity contribution < 1.29 is 8.42 Å². The Morgan fingerprint density at radius 3 is 2.77 bits per heavy atom. The van der Waals surface area contributed by atoms with E-state index in [1.54, 1.807) is 12.1 Å². The molecular formula is C8H11N2O2S. The molecule has 0 aromatic carbocycles. The number of rotatable bonds is 3. The van der Waals surface area contributed by atoms with E-state index in [1.165, 1.54) is 6.07 Å². The van der Waals surface area contributed by atoms with Gasteiger partial charge in [0, 0.05) is 12.1 Å². The summed E-state index contributed by atoms with van der Waals surface area (Å²) in [5.74, 6) is 0. The van der Waals surface area contributed by atoms with Gasteiger partial charge in [0.2, 0.25) is 0 Å². The molecule has 1 aromatic rings. The van der Waals surface area contributed by atoms with Crippen LogP contribution in [0.4, 0.5) is 0 Å². The monoisotopic (exact) mass is 199 g/mol. The molecule has 0 aliphatic carbocycles. The fraction of sp³-hybridized carbons (Fsp3) is 0.250. The molecule has 1 rings (SSSR count). The van der Waals surface area contributed by atoms with Crippen LogP contribution in [0.15, 0.2) is 23.2 Å². The molecule has 0 saturated heterocycles. The van der Waals surface area contributed by atoms with Gasteiger partial charge in [-0.25, -0.2) is 18.5 Å². The van der Waals surface area contributed by atoms with E-state index in [-0.39, 0.29) is 5.03 Å². The number of pyridine rings is 1. The Kier molecular flexibility index (Phi) is 3.00. The van der Waals surface area contributed by atoms with Gasteiger partial charge in [0.05, 0.1) is 0 Å². The summed E-state index contributed by atoms with van der Waals surface area (Å²) >= 11 is 0. The SMILES string of the molecule is CC[CH]c1cccc(S(N)(=O)=O)n1. The highest BCUT2D eigenvalue weighted by Gasteiger charge is 2.08. The van der Waals surface area contributed by atoms with E-state index in [9.17, 15) is 8.42 Å². The lowest BCUT2D eigenvalue weighted by Crippen LogP contribution is -2.14. The van der Waals surface area contributed by atoms with Crippen LogP contribution < -0.4 is 5.14 Å². The average molecular weight is 199 g/mol. The van der Waals surface area contributed by atoms with E-state index < -0.39 is 10.0 Å². The van der Waals surface area contributed by atoms with Crippen LogP contribution in [-0.4, -0.2) is 13.4 Å². The highest BCUT2D eigenvalue weighted by molar-refractivity contribution is 7.89. The van der Waals surface area contributed by atoms with Gasteiger partial charge in [-0.3, -0.25) is 0 Å². The van der Waals surface area contributed by atoms with E-state index in [2.05, 4.69) is 4.98 Å². The first-order chi connectivity index (χ1) is 6.04. The number of nitrogens with zero attached hydrogens (tertiary/aromatic N) is 1. The van der Waals surface area contributed by atoms with Crippen molar-refractivity contribution in [3.63, 3.8) is 0 Å². The third-order valence-corrected chi connectivity index (χ3v) is 2.26. The molecule has 71 valence electrons. The molecule has 0 unspecified atom stereocenters. The molecule has 0 spiro atoms. The third-order valence-electron chi connectivity index (χ3n) is 1.45. The minimum absolute atomic E-state index is 0.0882. The minimum atomic E-state index is -3.67. The highest BCUT2D eigenvalue weighted by atomic mass is 32.2. The van der Waals surface area contributed by atoms with Gasteiger partial charge in [0.25, 0.3) is 10.0 Å². The standard InChI is InChI=1S/C8H11N2O2S/c1-2-4-7-5-3-6-8(10-7)13(9,11)12/h3-6H,2H2,1H3,(H2,9,11,12). The second-order valence-electron chi connectivity index (χ2n) is 2.56. The van der Waals surface area contributed by atoms with Gasteiger partial charge >= 0.3 is 0 Å². The third kappa shape index (κ3) is 2.78. The van der Waals surface area contributed by atoms with Crippen LogP contribution in [0.1, 0.15) is 19.0 Å². The van der Waals surface area contributed by atoms with Gasteiger partial charge in [-0.2, -0.15) is 0 Å². The molecule has 2 N–H and O–H groups in total. The Labute approximate surface area is 77.8 Å². The first kappa shape index (κ1) is 10.1. The van der Waals surface area contributed by atoms with Gasteiger partial charge < -0.3 is 0 Å². The van der Waals surface area contributed by atoms with Crippen molar-refractivity contribution in [3.8, 4) is 0 Å². The maximum atomic E-state index is 10.9. The summed E-state index contributed by atoms with van der Waals surface area (Å²) in [5.41, 5.74) is 0.633. The van der Waals surface area contributed by atoms with E-state index in [0.717, 1.165) is 6.42 Å². The highest BCUT2D eigenvalue weighted by Crippen LogP contribution is 2.06. The molecule has 4 nitrogen and oxygen atoms in total. The Morgan fingerprint density at radius 2 is 2.23 bits per heavy atom. The van der Waals surface area contributed by atoms with Crippen molar-refractivity contribution in [1.29, 1.82) is 0 Å². The normalized spacial score (nSPS) is 11.5. The Balaban J connectivity index is 3.06. The second kappa shape index (κ2) is 3.85. The first-order valence-electron chi connectivity index (χ1n) is 3.87. The van der Waals surface area contributed by atoms with E-state index >= 15 is 0 Å². The smallest absolute Gasteiger partial charge is 0.240 e. The summed E-state index contributed by atoms with van der Waals surface area (Å²) in [4.78, 5) is 3.87. The summed E-state index contributed by atoms with van der Waals surface area (Å²) in [7, 11) is -3.67. The number of primary sulfonamides is 1. The quantitative estimate of drug-likeness (QED) is 0.778. The predicted octanol–water partition coefficient (Wildman–Crippen LogP) is 0.691. The predicted molar refractivity (Wildman–Crippen MR) is 49.3 cm³/mol. The fourth-order valence-corrected chi connectivity index (χ4v) is 1.41. The van der Waals surface area contributed by atoms with Crippen molar-refractivity contribution in [3.05, 3.63) is 30.3 Å². The van der Waals surface area contributed by atoms with Crippen LogP contribution in [0, 0.1) is 6.42 Å². The van der Waals surface area contributed by atoms with Crippen LogP contribution in [0.25, 0.3) is 0 Å². The molecule has 1 aromatic heterocycles. The van der Waals surface area contributed by atoms with Crippen molar-refractivity contribution in [1.82, 2.24) is 4.98 Å². The van der Waals surface area contributed by atoms with Crippen molar-refractivity contribution in [2.24, 2.45) is 5.14 Å². The molecule has 1 heterocycles. The molecule has 0 atom stereocenters. The Hall–Kier alpha value is -0.940. The fourth-order valence-electron chi connectivity index (χ4n) is 0.912. The van der Waals surface area contributed by atoms with Crippen molar-refractivity contribution in [2.45, 2.75) is 18.4 Å². The van der Waals surface area contributed by atoms with Gasteiger partial charge in [-0.05, 0) is 18.6 Å². The number of sulfonamides is 1. The zero-order valence-corrected chi connectivity index (χ0v) is 8.08. The molecule has 0 fully saturated rings. The van der Waals surface area contributed by atoms with Crippen LogP contribution in [0.3, 0.4) is 0 Å². The van der Waals surface area contributed by atoms with Gasteiger partial charge in [-0.1, -0.05) is 13.0 Å². The maximum absolute atomic E-state index is 10.9. The van der Waals surface area contributed by atoms with Gasteiger partial charge in [-0.15, -0.1) is 0 Å². The topological polar surface area (TPSA) is 73.1 Å². The van der Waals surface area contributed by atoms with Crippen LogP contribution in [0.2, 0.25) is 0 Å². The molecular weight excluding hydrogens is 188 g/mol. The molecule has 1 radical (unpaired) electrons.